The van der Waals surface area contributed by atoms with Crippen LogP contribution in [0.5, 0.6) is 0 Å². The van der Waals surface area contributed by atoms with Crippen LogP contribution in [-0.2, 0) is 6.54 Å². The quantitative estimate of drug-likeness (QED) is 0.777. The summed E-state index contributed by atoms with van der Waals surface area (Å²) in [5.74, 6) is 2.70. The fourth-order valence-electron chi connectivity index (χ4n) is 4.27. The number of hydrogen-bond donors (Lipinski definition) is 1. The van der Waals surface area contributed by atoms with Crippen molar-refractivity contribution in [1.29, 1.82) is 0 Å². The molecule has 1 aromatic carbocycles. The minimum atomic E-state index is 0.598. The molecular formula is C17H24IN. The van der Waals surface area contributed by atoms with Crippen LogP contribution in [0.3, 0.4) is 0 Å². The van der Waals surface area contributed by atoms with E-state index in [2.05, 4.69) is 72.9 Å². The van der Waals surface area contributed by atoms with Crippen LogP contribution < -0.4 is 5.32 Å². The van der Waals surface area contributed by atoms with Gasteiger partial charge in [0.1, 0.15) is 0 Å². The van der Waals surface area contributed by atoms with E-state index >= 15 is 0 Å². The maximum Gasteiger partial charge on any atom is 0.0208 e. The fourth-order valence-corrected chi connectivity index (χ4v) is 4.63. The van der Waals surface area contributed by atoms with Gasteiger partial charge in [-0.15, -0.1) is 0 Å². The van der Waals surface area contributed by atoms with E-state index in [1.54, 1.807) is 0 Å². The van der Waals surface area contributed by atoms with Gasteiger partial charge in [-0.1, -0.05) is 32.9 Å². The van der Waals surface area contributed by atoms with Gasteiger partial charge in [-0.05, 0) is 76.3 Å². The SMILES string of the molecule is C[C@@H]1[C@@H](NCc2ccc(I)cc2)C[C@H]2C[C@@H]1C2(C)C. The molecule has 4 atom stereocenters. The van der Waals surface area contributed by atoms with E-state index in [9.17, 15) is 0 Å². The van der Waals surface area contributed by atoms with E-state index in [1.165, 1.54) is 22.0 Å². The van der Waals surface area contributed by atoms with Gasteiger partial charge in [-0.2, -0.15) is 0 Å². The third kappa shape index (κ3) is 2.46. The highest BCUT2D eigenvalue weighted by molar-refractivity contribution is 14.1. The van der Waals surface area contributed by atoms with Gasteiger partial charge in [0.15, 0.2) is 0 Å². The second kappa shape index (κ2) is 5.03. The zero-order valence-electron chi connectivity index (χ0n) is 12.1. The van der Waals surface area contributed by atoms with Crippen LogP contribution >= 0.6 is 22.6 Å². The van der Waals surface area contributed by atoms with Gasteiger partial charge in [0.05, 0.1) is 0 Å². The number of halogens is 1. The Morgan fingerprint density at radius 1 is 1.21 bits per heavy atom. The van der Waals surface area contributed by atoms with Gasteiger partial charge in [0, 0.05) is 16.2 Å². The molecule has 3 fully saturated rings. The molecule has 19 heavy (non-hydrogen) atoms. The first-order valence-electron chi connectivity index (χ1n) is 7.46. The summed E-state index contributed by atoms with van der Waals surface area (Å²) in [6.07, 6.45) is 2.84. The lowest BCUT2D eigenvalue weighted by Gasteiger charge is -2.62. The third-order valence-corrected chi connectivity index (χ3v) is 6.55. The Hall–Kier alpha value is -0.0900. The van der Waals surface area contributed by atoms with Gasteiger partial charge in [-0.3, -0.25) is 0 Å². The molecule has 2 heteroatoms. The van der Waals surface area contributed by atoms with E-state index in [0.717, 1.165) is 30.3 Å². The topological polar surface area (TPSA) is 12.0 Å². The monoisotopic (exact) mass is 369 g/mol. The first-order chi connectivity index (χ1) is 8.98. The molecule has 0 heterocycles. The first kappa shape index (κ1) is 13.9. The zero-order chi connectivity index (χ0) is 13.6. The van der Waals surface area contributed by atoms with Gasteiger partial charge in [-0.25, -0.2) is 0 Å². The first-order valence-corrected chi connectivity index (χ1v) is 8.54. The van der Waals surface area contributed by atoms with E-state index in [1.807, 2.05) is 0 Å². The molecule has 0 amide bonds. The Morgan fingerprint density at radius 2 is 1.89 bits per heavy atom. The summed E-state index contributed by atoms with van der Waals surface area (Å²) in [6.45, 7) is 8.41. The van der Waals surface area contributed by atoms with Crippen LogP contribution in [0, 0.1) is 26.7 Å². The van der Waals surface area contributed by atoms with Crippen molar-refractivity contribution in [3.05, 3.63) is 33.4 Å². The molecule has 0 aromatic heterocycles. The molecule has 3 saturated carbocycles. The Labute approximate surface area is 130 Å². The molecular weight excluding hydrogens is 345 g/mol. The van der Waals surface area contributed by atoms with E-state index < -0.39 is 0 Å². The van der Waals surface area contributed by atoms with Crippen LogP contribution in [0.1, 0.15) is 39.2 Å². The smallest absolute Gasteiger partial charge is 0.0208 e. The van der Waals surface area contributed by atoms with Crippen molar-refractivity contribution in [1.82, 2.24) is 5.32 Å². The summed E-state index contributed by atoms with van der Waals surface area (Å²) in [5, 5.41) is 3.80. The molecule has 0 unspecified atom stereocenters. The van der Waals surface area contributed by atoms with Gasteiger partial charge in [0.25, 0.3) is 0 Å². The molecule has 1 nitrogen and oxygen atoms in total. The highest BCUT2D eigenvalue weighted by Gasteiger charge is 2.55. The van der Waals surface area contributed by atoms with Crippen molar-refractivity contribution in [2.24, 2.45) is 23.2 Å². The second-order valence-corrected chi connectivity index (χ2v) is 8.31. The standard InChI is InChI=1S/C17H24IN/c1-11-15-8-13(17(15,2)3)9-16(11)19-10-12-4-6-14(18)7-5-12/h4-7,11,13,15-16,19H,8-10H2,1-3H3/t11-,13+,15-,16-/m0/s1. The van der Waals surface area contributed by atoms with Gasteiger partial charge >= 0.3 is 0 Å². The summed E-state index contributed by atoms with van der Waals surface area (Å²) in [7, 11) is 0. The molecule has 0 radical (unpaired) electrons. The normalized spacial score (nSPS) is 35.8. The van der Waals surface area contributed by atoms with E-state index in [4.69, 9.17) is 0 Å². The highest BCUT2D eigenvalue weighted by atomic mass is 127. The van der Waals surface area contributed by atoms with Crippen LogP contribution in [0.2, 0.25) is 0 Å². The number of hydrogen-bond acceptors (Lipinski definition) is 1. The van der Waals surface area contributed by atoms with Crippen molar-refractivity contribution < 1.29 is 0 Å². The fraction of sp³-hybridized carbons (Fsp3) is 0.647. The molecule has 3 aliphatic rings. The molecule has 0 spiro atoms. The number of fused-ring (bicyclic) bond motifs is 2. The van der Waals surface area contributed by atoms with Crippen LogP contribution in [0.15, 0.2) is 24.3 Å². The lowest BCUT2D eigenvalue weighted by molar-refractivity contribution is -0.115. The zero-order valence-corrected chi connectivity index (χ0v) is 14.3. The Kier molecular flexibility index (Phi) is 3.67. The Morgan fingerprint density at radius 3 is 2.47 bits per heavy atom. The molecule has 0 saturated heterocycles. The molecule has 3 aliphatic carbocycles. The highest BCUT2D eigenvalue weighted by Crippen LogP contribution is 2.61. The lowest BCUT2D eigenvalue weighted by Crippen LogP contribution is -2.59. The second-order valence-electron chi connectivity index (χ2n) is 7.07. The van der Waals surface area contributed by atoms with Gasteiger partial charge in [0.2, 0.25) is 0 Å². The number of benzene rings is 1. The van der Waals surface area contributed by atoms with Crippen molar-refractivity contribution in [2.45, 2.75) is 46.2 Å². The molecule has 1 aromatic rings. The van der Waals surface area contributed by atoms with Crippen LogP contribution in [0.4, 0.5) is 0 Å². The van der Waals surface area contributed by atoms with Crippen LogP contribution in [0.25, 0.3) is 0 Å². The largest absolute Gasteiger partial charge is 0.310 e. The maximum absolute atomic E-state index is 3.80. The van der Waals surface area contributed by atoms with E-state index in [-0.39, 0.29) is 0 Å². The minimum Gasteiger partial charge on any atom is -0.310 e. The Bertz CT molecular complexity index is 451. The summed E-state index contributed by atoms with van der Waals surface area (Å²) < 4.78 is 1.32. The summed E-state index contributed by atoms with van der Waals surface area (Å²) in [5.41, 5.74) is 2.01. The molecule has 4 rings (SSSR count). The maximum atomic E-state index is 3.80. The molecule has 1 N–H and O–H groups in total. The Balaban J connectivity index is 1.59. The van der Waals surface area contributed by atoms with E-state index in [0.29, 0.717) is 5.41 Å². The predicted octanol–water partition coefficient (Wildman–Crippen LogP) is 4.45. The van der Waals surface area contributed by atoms with Crippen LogP contribution in [-0.4, -0.2) is 6.04 Å². The molecule has 2 bridgehead atoms. The van der Waals surface area contributed by atoms with Gasteiger partial charge < -0.3 is 5.32 Å². The summed E-state index contributed by atoms with van der Waals surface area (Å²) in [6, 6.07) is 9.60. The van der Waals surface area contributed by atoms with Crippen molar-refractivity contribution in [3.8, 4) is 0 Å². The number of nitrogens with one attached hydrogen (secondary N) is 1. The average molecular weight is 369 g/mol. The molecule has 0 aliphatic heterocycles. The predicted molar refractivity (Wildman–Crippen MR) is 88.9 cm³/mol. The van der Waals surface area contributed by atoms with Crippen molar-refractivity contribution in [2.75, 3.05) is 0 Å². The lowest BCUT2D eigenvalue weighted by atomic mass is 9.45. The van der Waals surface area contributed by atoms with Crippen molar-refractivity contribution >= 4 is 22.6 Å². The number of rotatable bonds is 3. The summed E-state index contributed by atoms with van der Waals surface area (Å²) >= 11 is 2.36. The summed E-state index contributed by atoms with van der Waals surface area (Å²) in [4.78, 5) is 0. The minimum absolute atomic E-state index is 0.598. The van der Waals surface area contributed by atoms with Crippen molar-refractivity contribution in [3.63, 3.8) is 0 Å². The molecule has 104 valence electrons. The average Bonchev–Trinajstić information content (AvgIpc) is 2.38. The third-order valence-electron chi connectivity index (χ3n) is 5.84.